The van der Waals surface area contributed by atoms with Crippen molar-refractivity contribution < 1.29 is 18.7 Å². The van der Waals surface area contributed by atoms with Crippen LogP contribution in [0.25, 0.3) is 11.5 Å². The highest BCUT2D eigenvalue weighted by Crippen LogP contribution is 2.22. The summed E-state index contributed by atoms with van der Waals surface area (Å²) in [6, 6.07) is 16.1. The Bertz CT molecular complexity index is 932. The van der Waals surface area contributed by atoms with Crippen molar-refractivity contribution in [3.05, 3.63) is 76.1 Å². The summed E-state index contributed by atoms with van der Waals surface area (Å²) in [6.45, 7) is 3.17. The molecule has 0 radical (unpaired) electrons. The average molecular weight is 414 g/mol. The second-order valence-corrected chi connectivity index (χ2v) is 6.62. The third-order valence-electron chi connectivity index (χ3n) is 3.79. The van der Waals surface area contributed by atoms with Gasteiger partial charge in [-0.3, -0.25) is 4.79 Å². The van der Waals surface area contributed by atoms with Crippen molar-refractivity contribution in [2.24, 2.45) is 0 Å². The molecule has 132 valence electrons. The maximum Gasteiger partial charge on any atom is 0.361 e. The van der Waals surface area contributed by atoms with Crippen LogP contribution in [0.1, 0.15) is 33.5 Å². The van der Waals surface area contributed by atoms with Crippen LogP contribution in [0.2, 0.25) is 0 Å². The van der Waals surface area contributed by atoms with E-state index in [9.17, 15) is 9.59 Å². The van der Waals surface area contributed by atoms with E-state index in [0.717, 1.165) is 10.0 Å². The van der Waals surface area contributed by atoms with Crippen molar-refractivity contribution in [3.8, 4) is 11.5 Å². The van der Waals surface area contributed by atoms with Gasteiger partial charge in [0.15, 0.2) is 11.8 Å². The van der Waals surface area contributed by atoms with E-state index in [0.29, 0.717) is 17.2 Å². The third-order valence-corrected chi connectivity index (χ3v) is 4.32. The molecular weight excluding hydrogens is 398 g/mol. The Morgan fingerprint density at radius 1 is 1.08 bits per heavy atom. The van der Waals surface area contributed by atoms with Crippen LogP contribution in [-0.4, -0.2) is 22.8 Å². The van der Waals surface area contributed by atoms with Gasteiger partial charge in [0.1, 0.15) is 5.76 Å². The summed E-state index contributed by atoms with van der Waals surface area (Å²) < 4.78 is 11.7. The Morgan fingerprint density at radius 3 is 2.38 bits per heavy atom. The van der Waals surface area contributed by atoms with Crippen molar-refractivity contribution in [2.75, 3.05) is 0 Å². The number of esters is 1. The van der Waals surface area contributed by atoms with E-state index in [1.54, 1.807) is 31.2 Å². The summed E-state index contributed by atoms with van der Waals surface area (Å²) in [5, 5.41) is 0. The minimum Gasteiger partial charge on any atom is -0.449 e. The SMILES string of the molecule is Cc1oc(-c2ccccc2)nc1C(=O)O[C@@H](C)C(=O)c1ccc(Br)cc1. The average Bonchev–Trinajstić information content (AvgIpc) is 3.04. The molecule has 26 heavy (non-hydrogen) atoms. The molecule has 1 heterocycles. The Hall–Kier alpha value is -2.73. The van der Waals surface area contributed by atoms with Crippen molar-refractivity contribution >= 4 is 27.7 Å². The molecule has 0 saturated carbocycles. The van der Waals surface area contributed by atoms with Crippen molar-refractivity contribution in [2.45, 2.75) is 20.0 Å². The highest BCUT2D eigenvalue weighted by atomic mass is 79.9. The van der Waals surface area contributed by atoms with Crippen LogP contribution < -0.4 is 0 Å². The van der Waals surface area contributed by atoms with Gasteiger partial charge in [-0.1, -0.05) is 46.3 Å². The minimum absolute atomic E-state index is 0.0688. The van der Waals surface area contributed by atoms with E-state index in [-0.39, 0.29) is 11.5 Å². The number of aromatic nitrogens is 1. The Kier molecular flexibility index (Phi) is 5.32. The third kappa shape index (κ3) is 3.91. The van der Waals surface area contributed by atoms with Crippen molar-refractivity contribution in [1.29, 1.82) is 0 Å². The summed E-state index contributed by atoms with van der Waals surface area (Å²) >= 11 is 3.32. The highest BCUT2D eigenvalue weighted by Gasteiger charge is 2.25. The van der Waals surface area contributed by atoms with E-state index < -0.39 is 12.1 Å². The number of rotatable bonds is 5. The fourth-order valence-electron chi connectivity index (χ4n) is 2.41. The normalized spacial score (nSPS) is 11.8. The lowest BCUT2D eigenvalue weighted by Gasteiger charge is -2.11. The van der Waals surface area contributed by atoms with Crippen LogP contribution in [0.5, 0.6) is 0 Å². The van der Waals surface area contributed by atoms with E-state index >= 15 is 0 Å². The molecule has 0 fully saturated rings. The fourth-order valence-corrected chi connectivity index (χ4v) is 2.67. The molecule has 1 aromatic heterocycles. The topological polar surface area (TPSA) is 69.4 Å². The number of benzene rings is 2. The second-order valence-electron chi connectivity index (χ2n) is 5.71. The number of hydrogen-bond donors (Lipinski definition) is 0. The predicted octanol–water partition coefficient (Wildman–Crippen LogP) is 4.84. The van der Waals surface area contributed by atoms with E-state index in [1.165, 1.54) is 6.92 Å². The molecule has 5 nitrogen and oxygen atoms in total. The monoisotopic (exact) mass is 413 g/mol. The van der Waals surface area contributed by atoms with Gasteiger partial charge in [-0.25, -0.2) is 9.78 Å². The number of ketones is 1. The van der Waals surface area contributed by atoms with Gasteiger partial charge in [-0.2, -0.15) is 0 Å². The molecule has 0 aliphatic carbocycles. The van der Waals surface area contributed by atoms with E-state index in [2.05, 4.69) is 20.9 Å². The van der Waals surface area contributed by atoms with Crippen LogP contribution in [0, 0.1) is 6.92 Å². The van der Waals surface area contributed by atoms with Crippen LogP contribution >= 0.6 is 15.9 Å². The molecule has 0 unspecified atom stereocenters. The molecule has 0 amide bonds. The zero-order chi connectivity index (χ0) is 18.7. The predicted molar refractivity (Wildman–Crippen MR) is 100 cm³/mol. The van der Waals surface area contributed by atoms with Gasteiger partial charge in [0.2, 0.25) is 11.7 Å². The molecular formula is C20H16BrNO4. The van der Waals surface area contributed by atoms with Crippen LogP contribution in [0.4, 0.5) is 0 Å². The molecule has 1 atom stereocenters. The van der Waals surface area contributed by atoms with Crippen molar-refractivity contribution in [1.82, 2.24) is 4.98 Å². The van der Waals surface area contributed by atoms with Crippen molar-refractivity contribution in [3.63, 3.8) is 0 Å². The van der Waals surface area contributed by atoms with E-state index in [1.807, 2.05) is 30.3 Å². The number of nitrogens with zero attached hydrogens (tertiary/aromatic N) is 1. The van der Waals surface area contributed by atoms with E-state index in [4.69, 9.17) is 9.15 Å². The lowest BCUT2D eigenvalue weighted by Crippen LogP contribution is -2.24. The number of oxazole rings is 1. The molecule has 6 heteroatoms. The molecule has 0 spiro atoms. The highest BCUT2D eigenvalue weighted by molar-refractivity contribution is 9.10. The summed E-state index contributed by atoms with van der Waals surface area (Å²) in [4.78, 5) is 29.0. The van der Waals surface area contributed by atoms with Gasteiger partial charge in [0.25, 0.3) is 0 Å². The Labute approximate surface area is 159 Å². The quantitative estimate of drug-likeness (QED) is 0.442. The lowest BCUT2D eigenvalue weighted by atomic mass is 10.1. The molecule has 0 aliphatic rings. The molecule has 0 N–H and O–H groups in total. The van der Waals surface area contributed by atoms with Gasteiger partial charge >= 0.3 is 5.97 Å². The standard InChI is InChI=1S/C20H16BrNO4/c1-12-17(22-19(25-12)15-6-4-3-5-7-15)20(24)26-13(2)18(23)14-8-10-16(21)11-9-14/h3-11,13H,1-2H3/t13-/m0/s1. The zero-order valence-corrected chi connectivity index (χ0v) is 15.8. The number of carbonyl (C=O) groups excluding carboxylic acids is 2. The summed E-state index contributed by atoms with van der Waals surface area (Å²) in [5.41, 5.74) is 1.29. The zero-order valence-electron chi connectivity index (χ0n) is 14.2. The number of halogens is 1. The molecule has 0 bridgehead atoms. The largest absolute Gasteiger partial charge is 0.449 e. The van der Waals surface area contributed by atoms with Crippen LogP contribution in [-0.2, 0) is 4.74 Å². The number of hydrogen-bond acceptors (Lipinski definition) is 5. The van der Waals surface area contributed by atoms with Gasteiger partial charge in [0, 0.05) is 15.6 Å². The van der Waals surface area contributed by atoms with Crippen LogP contribution in [0.15, 0.2) is 63.5 Å². The smallest absolute Gasteiger partial charge is 0.361 e. The molecule has 3 rings (SSSR count). The first-order chi connectivity index (χ1) is 12.5. The van der Waals surface area contributed by atoms with Crippen LogP contribution in [0.3, 0.4) is 0 Å². The van der Waals surface area contributed by atoms with Gasteiger partial charge in [-0.15, -0.1) is 0 Å². The molecule has 0 saturated heterocycles. The Balaban J connectivity index is 1.74. The number of ether oxygens (including phenoxy) is 1. The lowest BCUT2D eigenvalue weighted by molar-refractivity contribution is 0.0312. The first-order valence-corrected chi connectivity index (χ1v) is 8.78. The first-order valence-electron chi connectivity index (χ1n) is 7.99. The Morgan fingerprint density at radius 2 is 1.73 bits per heavy atom. The number of aryl methyl sites for hydroxylation is 1. The van der Waals surface area contributed by atoms with Gasteiger partial charge in [0.05, 0.1) is 0 Å². The summed E-state index contributed by atoms with van der Waals surface area (Å²) in [5.74, 6) is -0.291. The number of carbonyl (C=O) groups is 2. The molecule has 2 aromatic carbocycles. The molecule has 3 aromatic rings. The first kappa shape index (κ1) is 18.1. The summed E-state index contributed by atoms with van der Waals surface area (Å²) in [6.07, 6.45) is -0.931. The number of Topliss-reactive ketones (excluding diaryl/α,β-unsaturated/α-hetero) is 1. The van der Waals surface area contributed by atoms with Gasteiger partial charge in [-0.05, 0) is 38.1 Å². The molecule has 0 aliphatic heterocycles. The maximum absolute atomic E-state index is 12.4. The fraction of sp³-hybridized carbons (Fsp3) is 0.150. The second kappa shape index (κ2) is 7.66. The minimum atomic E-state index is -0.931. The summed E-state index contributed by atoms with van der Waals surface area (Å²) in [7, 11) is 0. The van der Waals surface area contributed by atoms with Gasteiger partial charge < -0.3 is 9.15 Å². The maximum atomic E-state index is 12.4.